The Morgan fingerprint density at radius 2 is 1.69 bits per heavy atom. The van der Waals surface area contributed by atoms with Gasteiger partial charge in [0.05, 0.1) is 28.9 Å². The summed E-state index contributed by atoms with van der Waals surface area (Å²) in [5, 5.41) is 2.29. The van der Waals surface area contributed by atoms with E-state index in [1.54, 1.807) is 39.0 Å². The summed E-state index contributed by atoms with van der Waals surface area (Å²) >= 11 is 1.26. The van der Waals surface area contributed by atoms with Crippen LogP contribution in [0.1, 0.15) is 36.0 Å². The predicted molar refractivity (Wildman–Crippen MR) is 127 cm³/mol. The molecule has 1 N–H and O–H groups in total. The molecule has 32 heavy (non-hydrogen) atoms. The first-order chi connectivity index (χ1) is 15.2. The maximum absolute atomic E-state index is 12.7. The summed E-state index contributed by atoms with van der Waals surface area (Å²) in [4.78, 5) is 26.5. The predicted octanol–water partition coefficient (Wildman–Crippen LogP) is 4.96. The van der Waals surface area contributed by atoms with E-state index in [4.69, 9.17) is 4.74 Å². The number of esters is 1. The van der Waals surface area contributed by atoms with Crippen molar-refractivity contribution in [3.8, 4) is 10.4 Å². The summed E-state index contributed by atoms with van der Waals surface area (Å²) in [6.07, 6.45) is 0.0424. The summed E-state index contributed by atoms with van der Waals surface area (Å²) in [6, 6.07) is 17.6. The number of sulfone groups is 1. The number of carbonyl (C=O) groups is 2. The second kappa shape index (κ2) is 10.1. The SMILES string of the molecule is CCOC(=O)c1sc(-c2ccccc2)cc1NC(=O)Cc1ccc(S(=O)(=O)C(C)C)cc1. The fraction of sp³-hybridized carbons (Fsp3) is 0.250. The van der Waals surface area contributed by atoms with Crippen LogP contribution >= 0.6 is 11.3 Å². The number of benzene rings is 2. The molecule has 0 bridgehead atoms. The van der Waals surface area contributed by atoms with E-state index in [-0.39, 0.29) is 23.8 Å². The Bertz CT molecular complexity index is 1200. The molecule has 3 rings (SSSR count). The van der Waals surface area contributed by atoms with Crippen molar-refractivity contribution in [1.29, 1.82) is 0 Å². The van der Waals surface area contributed by atoms with Gasteiger partial charge in [-0.2, -0.15) is 0 Å². The van der Waals surface area contributed by atoms with Crippen LogP contribution in [-0.4, -0.2) is 32.2 Å². The zero-order valence-electron chi connectivity index (χ0n) is 18.1. The maximum atomic E-state index is 12.7. The van der Waals surface area contributed by atoms with Crippen molar-refractivity contribution in [2.45, 2.75) is 37.3 Å². The highest BCUT2D eigenvalue weighted by atomic mass is 32.2. The van der Waals surface area contributed by atoms with Crippen molar-refractivity contribution in [3.05, 3.63) is 71.1 Å². The molecule has 2 aromatic carbocycles. The van der Waals surface area contributed by atoms with Crippen molar-refractivity contribution in [2.75, 3.05) is 11.9 Å². The zero-order chi connectivity index (χ0) is 23.3. The lowest BCUT2D eigenvalue weighted by Crippen LogP contribution is -2.17. The van der Waals surface area contributed by atoms with Crippen molar-refractivity contribution < 1.29 is 22.7 Å². The Morgan fingerprint density at radius 1 is 1.03 bits per heavy atom. The molecule has 0 atom stereocenters. The van der Waals surface area contributed by atoms with Crippen LogP contribution in [-0.2, 0) is 25.8 Å². The lowest BCUT2D eigenvalue weighted by atomic mass is 10.1. The van der Waals surface area contributed by atoms with Crippen molar-refractivity contribution in [1.82, 2.24) is 0 Å². The van der Waals surface area contributed by atoms with E-state index in [0.29, 0.717) is 16.1 Å². The summed E-state index contributed by atoms with van der Waals surface area (Å²) in [7, 11) is -3.37. The van der Waals surface area contributed by atoms with Gasteiger partial charge in [0, 0.05) is 4.88 Å². The van der Waals surface area contributed by atoms with Crippen LogP contribution in [0.2, 0.25) is 0 Å². The van der Waals surface area contributed by atoms with Crippen LogP contribution in [0.25, 0.3) is 10.4 Å². The Kier molecular flexibility index (Phi) is 7.48. The van der Waals surface area contributed by atoms with Gasteiger partial charge >= 0.3 is 5.97 Å². The van der Waals surface area contributed by atoms with E-state index in [9.17, 15) is 18.0 Å². The number of ether oxygens (including phenoxy) is 1. The van der Waals surface area contributed by atoms with E-state index in [2.05, 4.69) is 5.32 Å². The summed E-state index contributed by atoms with van der Waals surface area (Å²) in [5.74, 6) is -0.800. The third-order valence-electron chi connectivity index (χ3n) is 4.76. The highest BCUT2D eigenvalue weighted by Gasteiger charge is 2.21. The van der Waals surface area contributed by atoms with Gasteiger partial charge in [0.1, 0.15) is 4.88 Å². The monoisotopic (exact) mass is 471 g/mol. The topological polar surface area (TPSA) is 89.5 Å². The molecule has 0 radical (unpaired) electrons. The third-order valence-corrected chi connectivity index (χ3v) is 8.10. The molecule has 0 spiro atoms. The van der Waals surface area contributed by atoms with Crippen LogP contribution in [0.15, 0.2) is 65.6 Å². The minimum Gasteiger partial charge on any atom is -0.462 e. The maximum Gasteiger partial charge on any atom is 0.350 e. The molecule has 8 heteroatoms. The van der Waals surface area contributed by atoms with Crippen LogP contribution in [0.5, 0.6) is 0 Å². The Balaban J connectivity index is 1.79. The molecule has 0 unspecified atom stereocenters. The first kappa shape index (κ1) is 23.7. The van der Waals surface area contributed by atoms with E-state index in [0.717, 1.165) is 10.4 Å². The molecular formula is C24H25NO5S2. The summed E-state index contributed by atoms with van der Waals surface area (Å²) in [5.41, 5.74) is 2.00. The number of hydrogen-bond acceptors (Lipinski definition) is 6. The van der Waals surface area contributed by atoms with Crippen molar-refractivity contribution >= 4 is 38.7 Å². The number of rotatable bonds is 8. The van der Waals surface area contributed by atoms with Gasteiger partial charge in [-0.15, -0.1) is 11.3 Å². The van der Waals surface area contributed by atoms with E-state index in [1.807, 2.05) is 30.3 Å². The molecule has 168 valence electrons. The summed E-state index contributed by atoms with van der Waals surface area (Å²) in [6.45, 7) is 5.21. The van der Waals surface area contributed by atoms with Gasteiger partial charge < -0.3 is 10.1 Å². The lowest BCUT2D eigenvalue weighted by molar-refractivity contribution is -0.115. The zero-order valence-corrected chi connectivity index (χ0v) is 19.8. The average Bonchev–Trinajstić information content (AvgIpc) is 3.18. The first-order valence-electron chi connectivity index (χ1n) is 10.2. The molecule has 1 aromatic heterocycles. The van der Waals surface area contributed by atoms with Crippen LogP contribution in [0.4, 0.5) is 5.69 Å². The molecule has 1 amide bonds. The lowest BCUT2D eigenvalue weighted by Gasteiger charge is -2.09. The Hall–Kier alpha value is -2.97. The second-order valence-corrected chi connectivity index (χ2v) is 11.0. The first-order valence-corrected chi connectivity index (χ1v) is 12.6. The molecule has 0 saturated carbocycles. The molecule has 0 aliphatic carbocycles. The van der Waals surface area contributed by atoms with Gasteiger partial charge in [0.2, 0.25) is 5.91 Å². The molecular weight excluding hydrogens is 446 g/mol. The third kappa shape index (κ3) is 5.44. The average molecular weight is 472 g/mol. The smallest absolute Gasteiger partial charge is 0.350 e. The van der Waals surface area contributed by atoms with Gasteiger partial charge in [-0.05, 0) is 50.1 Å². The largest absolute Gasteiger partial charge is 0.462 e. The van der Waals surface area contributed by atoms with Gasteiger partial charge in [-0.1, -0.05) is 42.5 Å². The number of thiophene rings is 1. The van der Waals surface area contributed by atoms with Gasteiger partial charge in [0.25, 0.3) is 0 Å². The Labute approximate surface area is 192 Å². The number of carbonyl (C=O) groups excluding carboxylic acids is 2. The van der Waals surface area contributed by atoms with Crippen LogP contribution in [0, 0.1) is 0 Å². The second-order valence-electron chi connectivity index (χ2n) is 7.40. The number of nitrogens with one attached hydrogen (secondary N) is 1. The number of hydrogen-bond donors (Lipinski definition) is 1. The number of amides is 1. The minimum absolute atomic E-state index is 0.0424. The van der Waals surface area contributed by atoms with Crippen LogP contribution in [0.3, 0.4) is 0 Å². The minimum atomic E-state index is -3.37. The van der Waals surface area contributed by atoms with Crippen LogP contribution < -0.4 is 5.32 Å². The quantitative estimate of drug-likeness (QED) is 0.469. The fourth-order valence-corrected chi connectivity index (χ4v) is 5.10. The molecule has 1 heterocycles. The highest BCUT2D eigenvalue weighted by Crippen LogP contribution is 2.35. The summed E-state index contributed by atoms with van der Waals surface area (Å²) < 4.78 is 29.7. The van der Waals surface area contributed by atoms with Gasteiger partial charge in [-0.25, -0.2) is 13.2 Å². The Morgan fingerprint density at radius 3 is 2.28 bits per heavy atom. The van der Waals surface area contributed by atoms with Gasteiger partial charge in [-0.3, -0.25) is 4.79 Å². The number of anilines is 1. The molecule has 6 nitrogen and oxygen atoms in total. The standard InChI is InChI=1S/C24H25NO5S2/c1-4-30-24(27)23-20(15-21(31-23)18-8-6-5-7-9-18)25-22(26)14-17-10-12-19(13-11-17)32(28,29)16(2)3/h5-13,15-16H,4,14H2,1-3H3,(H,25,26). The molecule has 0 aliphatic rings. The van der Waals surface area contributed by atoms with E-state index >= 15 is 0 Å². The molecule has 0 aliphatic heterocycles. The van der Waals surface area contributed by atoms with E-state index in [1.165, 1.54) is 23.5 Å². The fourth-order valence-electron chi connectivity index (χ4n) is 3.03. The molecule has 0 fully saturated rings. The highest BCUT2D eigenvalue weighted by molar-refractivity contribution is 7.92. The van der Waals surface area contributed by atoms with Crippen molar-refractivity contribution in [3.63, 3.8) is 0 Å². The molecule has 0 saturated heterocycles. The van der Waals surface area contributed by atoms with E-state index < -0.39 is 21.1 Å². The normalized spacial score (nSPS) is 11.4. The van der Waals surface area contributed by atoms with Gasteiger partial charge in [0.15, 0.2) is 9.84 Å². The van der Waals surface area contributed by atoms with Crippen molar-refractivity contribution in [2.24, 2.45) is 0 Å². The molecule has 3 aromatic rings.